The van der Waals surface area contributed by atoms with E-state index < -0.39 is 35.0 Å². The van der Waals surface area contributed by atoms with Gasteiger partial charge in [-0.05, 0) is 31.0 Å². The first-order chi connectivity index (χ1) is 13.0. The molecule has 1 amide bonds. The lowest BCUT2D eigenvalue weighted by Crippen LogP contribution is -2.48. The Bertz CT molecular complexity index is 878. The molecular weight excluding hydrogens is 392 g/mol. The Balaban J connectivity index is 1.51. The molecule has 0 spiro atoms. The first kappa shape index (κ1) is 18.8. The summed E-state index contributed by atoms with van der Waals surface area (Å²) in [5.74, 6) is 0.00581. The van der Waals surface area contributed by atoms with Gasteiger partial charge in [0, 0.05) is 24.6 Å². The summed E-state index contributed by atoms with van der Waals surface area (Å²) >= 11 is 0. The third-order valence-electron chi connectivity index (χ3n) is 4.75. The number of carbonyl (C=O) groups is 1. The van der Waals surface area contributed by atoms with Crippen molar-refractivity contribution >= 4 is 5.91 Å². The molecule has 1 aromatic carbocycles. The van der Waals surface area contributed by atoms with Crippen LogP contribution < -0.4 is 0 Å². The van der Waals surface area contributed by atoms with Gasteiger partial charge in [-0.1, -0.05) is 5.16 Å². The summed E-state index contributed by atoms with van der Waals surface area (Å²) in [5, 5.41) is 3.85. The molecule has 11 heteroatoms. The number of alkyl halides is 6. The Morgan fingerprint density at radius 3 is 2.04 bits per heavy atom. The standard InChI is InChI=1S/C17H13F6N3O2/c18-16(19,20)11-3-9(4-12(5-11)17(21,22)23)15(27)26-6-10(7-26)14-24-13(25-28-14)8-1-2-8/h3-5,8,10H,1-2,6-7H2. The molecule has 150 valence electrons. The molecule has 4 rings (SSSR count). The first-order valence-electron chi connectivity index (χ1n) is 8.44. The Labute approximate surface area is 154 Å². The maximum Gasteiger partial charge on any atom is 0.416 e. The minimum Gasteiger partial charge on any atom is -0.339 e. The van der Waals surface area contributed by atoms with Crippen molar-refractivity contribution < 1.29 is 35.7 Å². The van der Waals surface area contributed by atoms with Gasteiger partial charge in [0.2, 0.25) is 5.89 Å². The van der Waals surface area contributed by atoms with Gasteiger partial charge in [0.05, 0.1) is 17.0 Å². The number of rotatable bonds is 3. The molecule has 2 fully saturated rings. The van der Waals surface area contributed by atoms with Crippen molar-refractivity contribution in [1.29, 1.82) is 0 Å². The minimum absolute atomic E-state index is 0.00641. The minimum atomic E-state index is -5.00. The van der Waals surface area contributed by atoms with Crippen LogP contribution in [0.25, 0.3) is 0 Å². The SMILES string of the molecule is O=C(c1cc(C(F)(F)F)cc(C(F)(F)F)c1)N1CC(c2nc(C3CC3)no2)C1. The number of nitrogens with zero attached hydrogens (tertiary/aromatic N) is 3. The summed E-state index contributed by atoms with van der Waals surface area (Å²) in [4.78, 5) is 17.8. The molecule has 28 heavy (non-hydrogen) atoms. The predicted octanol–water partition coefficient (Wildman–Crippen LogP) is 4.22. The maximum absolute atomic E-state index is 12.9. The van der Waals surface area contributed by atoms with Gasteiger partial charge in [-0.25, -0.2) is 0 Å². The van der Waals surface area contributed by atoms with Crippen LogP contribution >= 0.6 is 0 Å². The van der Waals surface area contributed by atoms with Gasteiger partial charge >= 0.3 is 12.4 Å². The summed E-state index contributed by atoms with van der Waals surface area (Å²) in [6, 6.07) is 0.860. The molecule has 1 saturated carbocycles. The van der Waals surface area contributed by atoms with Crippen LogP contribution in [0, 0.1) is 0 Å². The van der Waals surface area contributed by atoms with Crippen LogP contribution in [-0.2, 0) is 12.4 Å². The molecule has 2 aliphatic rings. The Morgan fingerprint density at radius 2 is 1.54 bits per heavy atom. The molecule has 2 aromatic rings. The number of aromatic nitrogens is 2. The van der Waals surface area contributed by atoms with Crippen LogP contribution in [0.2, 0.25) is 0 Å². The highest BCUT2D eigenvalue weighted by Gasteiger charge is 2.41. The summed E-state index contributed by atoms with van der Waals surface area (Å²) in [6.45, 7) is 0.172. The third kappa shape index (κ3) is 3.57. The highest BCUT2D eigenvalue weighted by Crippen LogP contribution is 2.40. The quantitative estimate of drug-likeness (QED) is 0.718. The number of benzene rings is 1. The van der Waals surface area contributed by atoms with E-state index in [0.29, 0.717) is 23.8 Å². The van der Waals surface area contributed by atoms with Crippen LogP contribution in [-0.4, -0.2) is 34.0 Å². The molecule has 1 aliphatic carbocycles. The summed E-state index contributed by atoms with van der Waals surface area (Å²) in [6.07, 6.45) is -8.05. The van der Waals surface area contributed by atoms with E-state index in [9.17, 15) is 31.1 Å². The zero-order valence-corrected chi connectivity index (χ0v) is 14.1. The van der Waals surface area contributed by atoms with Crippen molar-refractivity contribution in [2.75, 3.05) is 13.1 Å². The monoisotopic (exact) mass is 405 g/mol. The van der Waals surface area contributed by atoms with Crippen LogP contribution in [0.15, 0.2) is 22.7 Å². The lowest BCUT2D eigenvalue weighted by Gasteiger charge is -2.37. The fourth-order valence-corrected chi connectivity index (χ4v) is 2.98. The number of amides is 1. The summed E-state index contributed by atoms with van der Waals surface area (Å²) in [7, 11) is 0. The Hall–Kier alpha value is -2.59. The zero-order chi connectivity index (χ0) is 20.3. The first-order valence-corrected chi connectivity index (χ1v) is 8.44. The highest BCUT2D eigenvalue weighted by atomic mass is 19.4. The fourth-order valence-electron chi connectivity index (χ4n) is 2.98. The molecule has 1 aliphatic heterocycles. The van der Waals surface area contributed by atoms with Crippen molar-refractivity contribution in [2.45, 2.75) is 37.0 Å². The lowest BCUT2D eigenvalue weighted by atomic mass is 9.97. The molecule has 1 saturated heterocycles. The molecule has 0 bridgehead atoms. The average Bonchev–Trinajstić information content (AvgIpc) is 3.30. The molecule has 0 radical (unpaired) electrons. The molecule has 2 heterocycles. The third-order valence-corrected chi connectivity index (χ3v) is 4.75. The second kappa shape index (κ2) is 6.21. The summed E-state index contributed by atoms with van der Waals surface area (Å²) in [5.41, 5.74) is -3.70. The van der Waals surface area contributed by atoms with Gasteiger partial charge in [0.1, 0.15) is 0 Å². The van der Waals surface area contributed by atoms with Gasteiger partial charge in [0.25, 0.3) is 5.91 Å². The van der Waals surface area contributed by atoms with Crippen LogP contribution in [0.1, 0.15) is 57.9 Å². The maximum atomic E-state index is 12.9. The van der Waals surface area contributed by atoms with E-state index in [-0.39, 0.29) is 31.0 Å². The Morgan fingerprint density at radius 1 is 0.964 bits per heavy atom. The normalized spacial score (nSPS) is 18.3. The molecule has 0 unspecified atom stereocenters. The molecular formula is C17H13F6N3O2. The van der Waals surface area contributed by atoms with E-state index in [0.717, 1.165) is 17.7 Å². The average molecular weight is 405 g/mol. The van der Waals surface area contributed by atoms with Crippen molar-refractivity contribution in [3.63, 3.8) is 0 Å². The Kier molecular flexibility index (Phi) is 4.16. The highest BCUT2D eigenvalue weighted by molar-refractivity contribution is 5.95. The number of likely N-dealkylation sites (tertiary alicyclic amines) is 1. The largest absolute Gasteiger partial charge is 0.416 e. The van der Waals surface area contributed by atoms with Crippen LogP contribution in [0.4, 0.5) is 26.3 Å². The zero-order valence-electron chi connectivity index (χ0n) is 14.1. The number of hydrogen-bond donors (Lipinski definition) is 0. The molecule has 1 aromatic heterocycles. The predicted molar refractivity (Wildman–Crippen MR) is 81.4 cm³/mol. The molecule has 0 N–H and O–H groups in total. The second-order valence-electron chi connectivity index (χ2n) is 6.97. The van der Waals surface area contributed by atoms with E-state index in [2.05, 4.69) is 10.1 Å². The van der Waals surface area contributed by atoms with Gasteiger partial charge < -0.3 is 9.42 Å². The van der Waals surface area contributed by atoms with Crippen LogP contribution in [0.3, 0.4) is 0 Å². The molecule has 5 nitrogen and oxygen atoms in total. The summed E-state index contributed by atoms with van der Waals surface area (Å²) < 4.78 is 82.7. The van der Waals surface area contributed by atoms with E-state index in [1.807, 2.05) is 0 Å². The smallest absolute Gasteiger partial charge is 0.339 e. The van der Waals surface area contributed by atoms with Crippen molar-refractivity contribution in [3.05, 3.63) is 46.6 Å². The second-order valence-corrected chi connectivity index (χ2v) is 6.97. The van der Waals surface area contributed by atoms with E-state index in [1.165, 1.54) is 0 Å². The van der Waals surface area contributed by atoms with Crippen molar-refractivity contribution in [3.8, 4) is 0 Å². The number of carbonyl (C=O) groups excluding carboxylic acids is 1. The van der Waals surface area contributed by atoms with E-state index in [1.54, 1.807) is 0 Å². The van der Waals surface area contributed by atoms with Gasteiger partial charge in [-0.3, -0.25) is 4.79 Å². The van der Waals surface area contributed by atoms with E-state index in [4.69, 9.17) is 4.52 Å². The van der Waals surface area contributed by atoms with Crippen LogP contribution in [0.5, 0.6) is 0 Å². The fraction of sp³-hybridized carbons (Fsp3) is 0.471. The van der Waals surface area contributed by atoms with Gasteiger partial charge in [0.15, 0.2) is 5.82 Å². The van der Waals surface area contributed by atoms with E-state index >= 15 is 0 Å². The van der Waals surface area contributed by atoms with Gasteiger partial charge in [-0.2, -0.15) is 31.3 Å². The number of hydrogen-bond acceptors (Lipinski definition) is 4. The van der Waals surface area contributed by atoms with Crippen molar-refractivity contribution in [1.82, 2.24) is 15.0 Å². The van der Waals surface area contributed by atoms with Crippen molar-refractivity contribution in [2.24, 2.45) is 0 Å². The van der Waals surface area contributed by atoms with Gasteiger partial charge in [-0.15, -0.1) is 0 Å². The lowest BCUT2D eigenvalue weighted by molar-refractivity contribution is -0.143. The topological polar surface area (TPSA) is 59.2 Å². The molecule has 0 atom stereocenters. The number of halogens is 6.